The van der Waals surface area contributed by atoms with Crippen LogP contribution in [0.4, 0.5) is 15.8 Å². The summed E-state index contributed by atoms with van der Waals surface area (Å²) in [7, 11) is 3.76. The van der Waals surface area contributed by atoms with E-state index in [0.29, 0.717) is 18.8 Å². The molecule has 4 nitrogen and oxygen atoms in total. The number of anilines is 2. The maximum Gasteiger partial charge on any atom is 0.148 e. The number of nitrogen functional groups attached to an aromatic ring is 1. The highest BCUT2D eigenvalue weighted by molar-refractivity contribution is 5.66. The van der Waals surface area contributed by atoms with Crippen LogP contribution in [0, 0.1) is 5.82 Å². The molecule has 96 valence electrons. The number of hydrogen-bond acceptors (Lipinski definition) is 4. The average molecular weight is 241 g/mol. The zero-order valence-electron chi connectivity index (χ0n) is 10.5. The van der Waals surface area contributed by atoms with Gasteiger partial charge in [0.2, 0.25) is 0 Å². The predicted molar refractivity (Wildman–Crippen MR) is 68.5 cm³/mol. The van der Waals surface area contributed by atoms with Gasteiger partial charge in [-0.15, -0.1) is 0 Å². The Morgan fingerprint density at radius 2 is 2.12 bits per heavy atom. The highest BCUT2D eigenvalue weighted by Crippen LogP contribution is 2.21. The van der Waals surface area contributed by atoms with Crippen molar-refractivity contribution < 1.29 is 9.50 Å². The first-order valence-corrected chi connectivity index (χ1v) is 5.47. The summed E-state index contributed by atoms with van der Waals surface area (Å²) in [4.78, 5) is 1.89. The van der Waals surface area contributed by atoms with Crippen molar-refractivity contribution in [1.82, 2.24) is 4.90 Å². The molecule has 1 unspecified atom stereocenters. The van der Waals surface area contributed by atoms with Crippen molar-refractivity contribution in [2.45, 2.75) is 12.5 Å². The summed E-state index contributed by atoms with van der Waals surface area (Å²) in [5.41, 5.74) is 5.26. The van der Waals surface area contributed by atoms with E-state index in [9.17, 15) is 9.50 Å². The lowest BCUT2D eigenvalue weighted by atomic mass is 10.1. The molecule has 0 aliphatic heterocycles. The minimum absolute atomic E-state index is 0.0770. The molecule has 0 bridgehead atoms. The zero-order valence-corrected chi connectivity index (χ0v) is 10.5. The van der Waals surface area contributed by atoms with Crippen molar-refractivity contribution in [3.05, 3.63) is 24.0 Å². The average Bonchev–Trinajstić information content (AvgIpc) is 2.18. The molecular formula is C12H20FN3O. The maximum atomic E-state index is 13.2. The van der Waals surface area contributed by atoms with E-state index in [1.807, 2.05) is 19.0 Å². The van der Waals surface area contributed by atoms with Gasteiger partial charge in [0.25, 0.3) is 0 Å². The molecule has 0 saturated heterocycles. The molecule has 0 aliphatic rings. The molecular weight excluding hydrogens is 221 g/mol. The summed E-state index contributed by atoms with van der Waals surface area (Å²) in [5.74, 6) is -0.456. The van der Waals surface area contributed by atoms with Crippen LogP contribution in [-0.2, 0) is 0 Å². The highest BCUT2D eigenvalue weighted by Gasteiger charge is 2.21. The van der Waals surface area contributed by atoms with Gasteiger partial charge in [-0.25, -0.2) is 4.39 Å². The minimum Gasteiger partial charge on any atom is -0.395 e. The SMILES string of the molecule is CN(C)CC(C)(O)CNc1cccc(F)c1N. The molecule has 1 aromatic carbocycles. The van der Waals surface area contributed by atoms with Crippen LogP contribution in [0.25, 0.3) is 0 Å². The summed E-state index contributed by atoms with van der Waals surface area (Å²) >= 11 is 0. The van der Waals surface area contributed by atoms with E-state index in [1.165, 1.54) is 6.07 Å². The first-order chi connectivity index (χ1) is 7.82. The molecule has 1 atom stereocenters. The van der Waals surface area contributed by atoms with Crippen LogP contribution in [-0.4, -0.2) is 42.8 Å². The Bertz CT molecular complexity index is 380. The van der Waals surface area contributed by atoms with Crippen LogP contribution < -0.4 is 11.1 Å². The molecule has 0 aliphatic carbocycles. The number of para-hydroxylation sites is 1. The summed E-state index contributed by atoms with van der Waals surface area (Å²) < 4.78 is 13.2. The molecule has 0 radical (unpaired) electrons. The van der Waals surface area contributed by atoms with Crippen molar-refractivity contribution in [3.63, 3.8) is 0 Å². The molecule has 0 aromatic heterocycles. The van der Waals surface area contributed by atoms with E-state index in [0.717, 1.165) is 0 Å². The van der Waals surface area contributed by atoms with Gasteiger partial charge >= 0.3 is 0 Å². The molecule has 0 amide bonds. The number of rotatable bonds is 5. The molecule has 0 saturated carbocycles. The lowest BCUT2D eigenvalue weighted by molar-refractivity contribution is 0.0460. The second kappa shape index (κ2) is 5.33. The van der Waals surface area contributed by atoms with Gasteiger partial charge in [0.1, 0.15) is 5.82 Å². The lowest BCUT2D eigenvalue weighted by Crippen LogP contribution is -2.43. The van der Waals surface area contributed by atoms with Gasteiger partial charge in [0, 0.05) is 13.1 Å². The first-order valence-electron chi connectivity index (χ1n) is 5.47. The smallest absolute Gasteiger partial charge is 0.148 e. The number of aliphatic hydroxyl groups is 1. The summed E-state index contributed by atoms with van der Waals surface area (Å²) in [6.07, 6.45) is 0. The third kappa shape index (κ3) is 4.20. The van der Waals surface area contributed by atoms with Crippen molar-refractivity contribution in [3.8, 4) is 0 Å². The van der Waals surface area contributed by atoms with Gasteiger partial charge in [-0.3, -0.25) is 0 Å². The van der Waals surface area contributed by atoms with Gasteiger partial charge in [0.15, 0.2) is 0 Å². The first kappa shape index (κ1) is 13.7. The van der Waals surface area contributed by atoms with Crippen LogP contribution in [0.15, 0.2) is 18.2 Å². The minimum atomic E-state index is -0.901. The third-order valence-electron chi connectivity index (χ3n) is 2.37. The van der Waals surface area contributed by atoms with E-state index < -0.39 is 11.4 Å². The number of halogens is 1. The molecule has 0 heterocycles. The van der Waals surface area contributed by atoms with Crippen LogP contribution in [0.2, 0.25) is 0 Å². The number of hydrogen-bond donors (Lipinski definition) is 3. The van der Waals surface area contributed by atoms with E-state index >= 15 is 0 Å². The standard InChI is InChI=1S/C12H20FN3O/c1-12(17,8-16(2)3)7-15-10-6-4-5-9(13)11(10)14/h4-6,15,17H,7-8,14H2,1-3H3. The Hall–Kier alpha value is -1.33. The third-order valence-corrected chi connectivity index (χ3v) is 2.37. The quantitative estimate of drug-likeness (QED) is 0.676. The molecule has 0 fully saturated rings. The van der Waals surface area contributed by atoms with Crippen molar-refractivity contribution >= 4 is 11.4 Å². The van der Waals surface area contributed by atoms with Crippen LogP contribution >= 0.6 is 0 Å². The fraction of sp³-hybridized carbons (Fsp3) is 0.500. The Kier molecular flexibility index (Phi) is 4.31. The number of nitrogens with two attached hydrogens (primary N) is 1. The number of likely N-dealkylation sites (N-methyl/N-ethyl adjacent to an activating group) is 1. The van der Waals surface area contributed by atoms with Crippen molar-refractivity contribution in [2.24, 2.45) is 0 Å². The molecule has 4 N–H and O–H groups in total. The van der Waals surface area contributed by atoms with Crippen molar-refractivity contribution in [2.75, 3.05) is 38.2 Å². The fourth-order valence-corrected chi connectivity index (χ4v) is 1.71. The molecule has 1 rings (SSSR count). The topological polar surface area (TPSA) is 61.5 Å². The maximum absolute atomic E-state index is 13.2. The van der Waals surface area contributed by atoms with E-state index in [1.54, 1.807) is 19.1 Å². The van der Waals surface area contributed by atoms with E-state index in [-0.39, 0.29) is 5.69 Å². The molecule has 5 heteroatoms. The van der Waals surface area contributed by atoms with E-state index in [4.69, 9.17) is 5.73 Å². The zero-order chi connectivity index (χ0) is 13.1. The van der Waals surface area contributed by atoms with Crippen LogP contribution in [0.3, 0.4) is 0 Å². The normalized spacial score (nSPS) is 14.7. The number of benzene rings is 1. The molecule has 17 heavy (non-hydrogen) atoms. The number of nitrogens with zero attached hydrogens (tertiary/aromatic N) is 1. The Morgan fingerprint density at radius 1 is 1.47 bits per heavy atom. The molecule has 0 spiro atoms. The Morgan fingerprint density at radius 3 is 2.71 bits per heavy atom. The van der Waals surface area contributed by atoms with Gasteiger partial charge in [-0.2, -0.15) is 0 Å². The fourth-order valence-electron chi connectivity index (χ4n) is 1.71. The summed E-state index contributed by atoms with van der Waals surface area (Å²) in [6, 6.07) is 4.57. The van der Waals surface area contributed by atoms with Gasteiger partial charge in [0.05, 0.1) is 17.0 Å². The van der Waals surface area contributed by atoms with Gasteiger partial charge in [-0.05, 0) is 33.2 Å². The van der Waals surface area contributed by atoms with E-state index in [2.05, 4.69) is 5.32 Å². The summed E-state index contributed by atoms with van der Waals surface area (Å²) in [6.45, 7) is 2.53. The Balaban J connectivity index is 2.64. The lowest BCUT2D eigenvalue weighted by Gasteiger charge is -2.27. The number of nitrogens with one attached hydrogen (secondary N) is 1. The largest absolute Gasteiger partial charge is 0.395 e. The molecule has 1 aromatic rings. The predicted octanol–water partition coefficient (Wildman–Crippen LogP) is 1.13. The van der Waals surface area contributed by atoms with Gasteiger partial charge in [-0.1, -0.05) is 6.07 Å². The second-order valence-corrected chi connectivity index (χ2v) is 4.79. The van der Waals surface area contributed by atoms with Crippen LogP contribution in [0.1, 0.15) is 6.92 Å². The summed E-state index contributed by atoms with van der Waals surface area (Å²) in [5, 5.41) is 13.0. The second-order valence-electron chi connectivity index (χ2n) is 4.79. The Labute approximate surface area is 101 Å². The monoisotopic (exact) mass is 241 g/mol. The van der Waals surface area contributed by atoms with Crippen molar-refractivity contribution in [1.29, 1.82) is 0 Å². The van der Waals surface area contributed by atoms with Gasteiger partial charge < -0.3 is 21.1 Å². The highest BCUT2D eigenvalue weighted by atomic mass is 19.1. The van der Waals surface area contributed by atoms with Crippen LogP contribution in [0.5, 0.6) is 0 Å².